The molecule has 1 amide bonds. The Morgan fingerprint density at radius 2 is 2.04 bits per heavy atom. The van der Waals surface area contributed by atoms with Gasteiger partial charge in [0, 0.05) is 17.7 Å². The van der Waals surface area contributed by atoms with Gasteiger partial charge in [0.05, 0.1) is 5.56 Å². The highest BCUT2D eigenvalue weighted by Gasteiger charge is 2.15. The highest BCUT2D eigenvalue weighted by Crippen LogP contribution is 2.26. The van der Waals surface area contributed by atoms with Gasteiger partial charge in [0.15, 0.2) is 0 Å². The second kappa shape index (κ2) is 7.97. The van der Waals surface area contributed by atoms with Crippen molar-refractivity contribution < 1.29 is 19.1 Å². The summed E-state index contributed by atoms with van der Waals surface area (Å²) in [5.74, 6) is -0.884. The maximum absolute atomic E-state index is 12.0. The van der Waals surface area contributed by atoms with Crippen LogP contribution in [0.3, 0.4) is 0 Å². The molecule has 0 bridgehead atoms. The Labute approximate surface area is 145 Å². The van der Waals surface area contributed by atoms with Gasteiger partial charge in [-0.05, 0) is 31.5 Å². The van der Waals surface area contributed by atoms with Crippen molar-refractivity contribution in [3.63, 3.8) is 0 Å². The average molecular weight is 338 g/mol. The zero-order chi connectivity index (χ0) is 18.4. The van der Waals surface area contributed by atoms with Crippen molar-refractivity contribution >= 4 is 18.0 Å². The molecule has 0 aliphatic carbocycles. The van der Waals surface area contributed by atoms with E-state index in [2.05, 4.69) is 5.32 Å². The zero-order valence-electron chi connectivity index (χ0n) is 13.9. The number of carbonyl (C=O) groups excluding carboxylic acids is 1. The van der Waals surface area contributed by atoms with Crippen molar-refractivity contribution in [3.05, 3.63) is 53.3 Å². The molecule has 1 aromatic carbocycles. The number of hydrogen-bond acceptors (Lipinski definition) is 4. The van der Waals surface area contributed by atoms with Crippen molar-refractivity contribution in [3.8, 4) is 17.4 Å². The van der Waals surface area contributed by atoms with Crippen LogP contribution in [0.5, 0.6) is 0 Å². The van der Waals surface area contributed by atoms with Crippen molar-refractivity contribution in [2.45, 2.75) is 26.3 Å². The Kier molecular flexibility index (Phi) is 5.75. The van der Waals surface area contributed by atoms with Gasteiger partial charge < -0.3 is 14.8 Å². The molecule has 0 fully saturated rings. The quantitative estimate of drug-likeness (QED) is 0.620. The van der Waals surface area contributed by atoms with Gasteiger partial charge in [-0.15, -0.1) is 0 Å². The lowest BCUT2D eigenvalue weighted by Crippen LogP contribution is -2.32. The molecule has 6 heteroatoms. The first-order valence-electron chi connectivity index (χ1n) is 7.81. The van der Waals surface area contributed by atoms with E-state index in [0.29, 0.717) is 17.1 Å². The number of nitrogens with one attached hydrogen (secondary N) is 1. The third kappa shape index (κ3) is 4.36. The molecule has 2 aromatic rings. The monoisotopic (exact) mass is 338 g/mol. The Hall–Kier alpha value is -3.33. The van der Waals surface area contributed by atoms with Gasteiger partial charge in [-0.1, -0.05) is 25.1 Å². The fourth-order valence-electron chi connectivity index (χ4n) is 2.15. The second-order valence-electron chi connectivity index (χ2n) is 5.51. The number of aromatic carboxylic acids is 1. The van der Waals surface area contributed by atoms with Gasteiger partial charge in [-0.3, -0.25) is 4.79 Å². The minimum Gasteiger partial charge on any atom is -0.478 e. The number of carboxylic acid groups (broad SMARTS) is 1. The van der Waals surface area contributed by atoms with Crippen LogP contribution in [0.25, 0.3) is 17.4 Å². The van der Waals surface area contributed by atoms with E-state index in [-0.39, 0.29) is 17.2 Å². The number of hydrogen-bond donors (Lipinski definition) is 2. The maximum atomic E-state index is 12.0. The SMILES string of the molecule is CC[C@@H](C)NC(=O)/C(C#N)=C/c1ccc(-c2ccccc2C(=O)O)o1. The maximum Gasteiger partial charge on any atom is 0.336 e. The summed E-state index contributed by atoms with van der Waals surface area (Å²) >= 11 is 0. The van der Waals surface area contributed by atoms with E-state index < -0.39 is 11.9 Å². The van der Waals surface area contributed by atoms with E-state index in [1.807, 2.05) is 19.9 Å². The first-order chi connectivity index (χ1) is 12.0. The van der Waals surface area contributed by atoms with E-state index in [1.165, 1.54) is 12.1 Å². The molecule has 1 atom stereocenters. The highest BCUT2D eigenvalue weighted by molar-refractivity contribution is 6.01. The molecule has 1 aromatic heterocycles. The number of benzene rings is 1. The number of amides is 1. The van der Waals surface area contributed by atoms with Gasteiger partial charge >= 0.3 is 5.97 Å². The fourth-order valence-corrected chi connectivity index (χ4v) is 2.15. The zero-order valence-corrected chi connectivity index (χ0v) is 13.9. The van der Waals surface area contributed by atoms with E-state index in [9.17, 15) is 20.0 Å². The fraction of sp³-hybridized carbons (Fsp3) is 0.211. The Bertz CT molecular complexity index is 858. The molecule has 0 saturated carbocycles. The first kappa shape index (κ1) is 18.0. The Morgan fingerprint density at radius 1 is 1.32 bits per heavy atom. The lowest BCUT2D eigenvalue weighted by atomic mass is 10.1. The van der Waals surface area contributed by atoms with E-state index >= 15 is 0 Å². The number of rotatable bonds is 6. The standard InChI is InChI=1S/C19H18N2O4/c1-3-12(2)21-18(22)13(11-20)10-14-8-9-17(25-14)15-6-4-5-7-16(15)19(23)24/h4-10,12H,3H2,1-2H3,(H,21,22)(H,23,24)/b13-10+/t12-/m1/s1. The molecule has 128 valence electrons. The van der Waals surface area contributed by atoms with Crippen molar-refractivity contribution in [2.24, 2.45) is 0 Å². The third-order valence-electron chi connectivity index (χ3n) is 3.69. The highest BCUT2D eigenvalue weighted by atomic mass is 16.4. The predicted octanol–water partition coefficient (Wildman–Crippen LogP) is 3.47. The van der Waals surface area contributed by atoms with Gasteiger partial charge in [-0.25, -0.2) is 4.79 Å². The van der Waals surface area contributed by atoms with Gasteiger partial charge in [0.2, 0.25) is 0 Å². The summed E-state index contributed by atoms with van der Waals surface area (Å²) in [6, 6.07) is 11.5. The molecule has 0 aliphatic rings. The van der Waals surface area contributed by atoms with Crippen LogP contribution in [0.1, 0.15) is 36.4 Å². The summed E-state index contributed by atoms with van der Waals surface area (Å²) in [4.78, 5) is 23.3. The van der Waals surface area contributed by atoms with Gasteiger partial charge in [0.1, 0.15) is 23.2 Å². The molecule has 0 spiro atoms. The van der Waals surface area contributed by atoms with Crippen LogP contribution >= 0.6 is 0 Å². The molecule has 1 heterocycles. The molecule has 25 heavy (non-hydrogen) atoms. The largest absolute Gasteiger partial charge is 0.478 e. The molecule has 0 radical (unpaired) electrons. The summed E-state index contributed by atoms with van der Waals surface area (Å²) in [5, 5.41) is 21.1. The number of nitriles is 1. The lowest BCUT2D eigenvalue weighted by molar-refractivity contribution is -0.117. The van der Waals surface area contributed by atoms with E-state index in [0.717, 1.165) is 6.42 Å². The van der Waals surface area contributed by atoms with Crippen LogP contribution in [0.4, 0.5) is 0 Å². The number of furan rings is 1. The Balaban J connectivity index is 2.31. The number of nitrogens with zero attached hydrogens (tertiary/aromatic N) is 1. The lowest BCUT2D eigenvalue weighted by Gasteiger charge is -2.10. The molecule has 2 N–H and O–H groups in total. The summed E-state index contributed by atoms with van der Waals surface area (Å²) in [5.41, 5.74) is 0.465. The molecule has 2 rings (SSSR count). The number of carboxylic acids is 1. The van der Waals surface area contributed by atoms with Crippen LogP contribution in [0.15, 0.2) is 46.4 Å². The molecule has 0 aliphatic heterocycles. The normalized spacial score (nSPS) is 12.3. The minimum absolute atomic E-state index is 0.0427. The summed E-state index contributed by atoms with van der Waals surface area (Å²) in [6.45, 7) is 3.78. The average Bonchev–Trinajstić information content (AvgIpc) is 3.07. The molecular weight excluding hydrogens is 320 g/mol. The van der Waals surface area contributed by atoms with E-state index in [1.54, 1.807) is 30.3 Å². The minimum atomic E-state index is -1.06. The first-order valence-corrected chi connectivity index (χ1v) is 7.81. The Morgan fingerprint density at radius 3 is 2.68 bits per heavy atom. The van der Waals surface area contributed by atoms with Crippen LogP contribution < -0.4 is 5.32 Å². The van der Waals surface area contributed by atoms with Gasteiger partial charge in [0.25, 0.3) is 5.91 Å². The number of carbonyl (C=O) groups is 2. The summed E-state index contributed by atoms with van der Waals surface area (Å²) < 4.78 is 5.60. The molecule has 6 nitrogen and oxygen atoms in total. The molecule has 0 unspecified atom stereocenters. The van der Waals surface area contributed by atoms with Crippen LogP contribution in [0.2, 0.25) is 0 Å². The smallest absolute Gasteiger partial charge is 0.336 e. The van der Waals surface area contributed by atoms with Crippen LogP contribution in [-0.4, -0.2) is 23.0 Å². The summed E-state index contributed by atoms with van der Waals surface area (Å²) in [6.07, 6.45) is 2.09. The summed E-state index contributed by atoms with van der Waals surface area (Å²) in [7, 11) is 0. The van der Waals surface area contributed by atoms with Crippen molar-refractivity contribution in [1.82, 2.24) is 5.32 Å². The van der Waals surface area contributed by atoms with Crippen LogP contribution in [0, 0.1) is 11.3 Å². The third-order valence-corrected chi connectivity index (χ3v) is 3.69. The predicted molar refractivity (Wildman–Crippen MR) is 92.6 cm³/mol. The van der Waals surface area contributed by atoms with Crippen LogP contribution in [-0.2, 0) is 4.79 Å². The van der Waals surface area contributed by atoms with Crippen molar-refractivity contribution in [1.29, 1.82) is 5.26 Å². The van der Waals surface area contributed by atoms with Crippen molar-refractivity contribution in [2.75, 3.05) is 0 Å². The molecule has 0 saturated heterocycles. The topological polar surface area (TPSA) is 103 Å². The second-order valence-corrected chi connectivity index (χ2v) is 5.51. The molecular formula is C19H18N2O4. The van der Waals surface area contributed by atoms with E-state index in [4.69, 9.17) is 4.42 Å². The van der Waals surface area contributed by atoms with Gasteiger partial charge in [-0.2, -0.15) is 5.26 Å².